The number of esters is 1. The molecule has 0 aromatic heterocycles. The molecule has 3 aliphatic carbocycles. The first-order valence-corrected chi connectivity index (χ1v) is 19.4. The van der Waals surface area contributed by atoms with Gasteiger partial charge in [0, 0.05) is 54.2 Å². The van der Waals surface area contributed by atoms with E-state index < -0.39 is 23.0 Å². The lowest BCUT2D eigenvalue weighted by Gasteiger charge is -2.62. The predicted molar refractivity (Wildman–Crippen MR) is 220 cm³/mol. The lowest BCUT2D eigenvalue weighted by molar-refractivity contribution is -0.210. The molecule has 0 aliphatic heterocycles. The number of Topliss-reactive ketones (excluding diaryl/α,β-unsaturated/α-hetero) is 1. The number of rotatable bonds is 14. The molecule has 0 radical (unpaired) electrons. The Hall–Kier alpha value is -1.89. The first kappa shape index (κ1) is 47.3. The number of ether oxygens (including phenoxy) is 1. The Balaban J connectivity index is 0.00000324. The van der Waals surface area contributed by atoms with Gasteiger partial charge in [0.15, 0.2) is 0 Å². The van der Waals surface area contributed by atoms with Gasteiger partial charge in [0.25, 0.3) is 0 Å². The van der Waals surface area contributed by atoms with Crippen molar-refractivity contribution in [2.75, 3.05) is 25.4 Å². The molecule has 13 heteroatoms. The van der Waals surface area contributed by atoms with Crippen LogP contribution in [0.25, 0.3) is 0 Å². The third-order valence-corrected chi connectivity index (χ3v) is 13.6. The van der Waals surface area contributed by atoms with Crippen LogP contribution in [0.5, 0.6) is 0 Å². The summed E-state index contributed by atoms with van der Waals surface area (Å²) >= 11 is 1.40. The van der Waals surface area contributed by atoms with E-state index in [1.807, 2.05) is 36.4 Å². The number of halogens is 3. The maximum absolute atomic E-state index is 13.8. The number of nitrogens with one attached hydrogen (secondary N) is 2. The van der Waals surface area contributed by atoms with Crippen LogP contribution in [-0.4, -0.2) is 60.4 Å². The number of benzene rings is 2. The second-order valence-corrected chi connectivity index (χ2v) is 16.8. The molecule has 2 aromatic carbocycles. The maximum atomic E-state index is 13.8. The van der Waals surface area contributed by atoms with Crippen molar-refractivity contribution in [3.05, 3.63) is 65.2 Å². The molecule has 2 bridgehead atoms. The van der Waals surface area contributed by atoms with Crippen molar-refractivity contribution in [2.45, 2.75) is 103 Å². The molecule has 3 aliphatic rings. The van der Waals surface area contributed by atoms with E-state index >= 15 is 0 Å². The lowest BCUT2D eigenvalue weighted by Crippen LogP contribution is -2.64. The molecule has 5 rings (SSSR count). The van der Waals surface area contributed by atoms with E-state index in [0.29, 0.717) is 45.6 Å². The summed E-state index contributed by atoms with van der Waals surface area (Å²) in [4.78, 5) is 40.7. The standard InChI is InChI=1S/C40H58N4O5S.3ClH/c1-26-14-16-40-17-15-32(45)36(40)39(26,4)33(21-38(3,37(48)27(40)2)25-43-23-30-8-6-29(22-42)7-9-30)49-35(47)24-50-31-12-10-28(11-13-31)20-34(46)44-19-5-18-41;;;/h6-13,26-27,33,36-37,43,48H,5,14-25,41-42H2,1-4H3,(H,44,46);3*1H/t26-,27+,33-,36+,37+,38-,39+,40+;;;/m1.../s1. The topological polar surface area (TPSA) is 157 Å². The fourth-order valence-electron chi connectivity index (χ4n) is 9.43. The van der Waals surface area contributed by atoms with E-state index in [1.165, 1.54) is 11.8 Å². The smallest absolute Gasteiger partial charge is 0.316 e. The van der Waals surface area contributed by atoms with Gasteiger partial charge < -0.3 is 31.9 Å². The minimum Gasteiger partial charge on any atom is -0.461 e. The molecule has 9 nitrogen and oxygen atoms in total. The van der Waals surface area contributed by atoms with Crippen LogP contribution in [0.3, 0.4) is 0 Å². The zero-order chi connectivity index (χ0) is 36.1. The van der Waals surface area contributed by atoms with E-state index in [1.54, 1.807) is 0 Å². The van der Waals surface area contributed by atoms with Crippen LogP contribution >= 0.6 is 49.0 Å². The molecule has 2 aromatic rings. The number of carbonyl (C=O) groups is 3. The van der Waals surface area contributed by atoms with Gasteiger partial charge in [0.05, 0.1) is 18.3 Å². The van der Waals surface area contributed by atoms with E-state index in [2.05, 4.69) is 50.5 Å². The van der Waals surface area contributed by atoms with Crippen molar-refractivity contribution in [2.24, 2.45) is 45.5 Å². The molecule has 53 heavy (non-hydrogen) atoms. The van der Waals surface area contributed by atoms with Gasteiger partial charge in [-0.05, 0) is 84.7 Å². The van der Waals surface area contributed by atoms with Gasteiger partial charge >= 0.3 is 5.97 Å². The van der Waals surface area contributed by atoms with Crippen molar-refractivity contribution >= 4 is 66.6 Å². The molecule has 0 saturated heterocycles. The predicted octanol–water partition coefficient (Wildman–Crippen LogP) is 6.02. The molecule has 298 valence electrons. The number of thioether (sulfide) groups is 1. The summed E-state index contributed by atoms with van der Waals surface area (Å²) in [5, 5.41) is 18.7. The molecule has 0 heterocycles. The number of nitrogens with two attached hydrogens (primary N) is 2. The molecular formula is C40H61Cl3N4O5S. The number of amides is 1. The fraction of sp³-hybridized carbons (Fsp3) is 0.625. The Morgan fingerprint density at radius 1 is 0.962 bits per heavy atom. The zero-order valence-corrected chi connectivity index (χ0v) is 34.8. The monoisotopic (exact) mass is 814 g/mol. The van der Waals surface area contributed by atoms with Gasteiger partial charge in [-0.15, -0.1) is 49.0 Å². The minimum atomic E-state index is -0.683. The van der Waals surface area contributed by atoms with E-state index in [4.69, 9.17) is 16.2 Å². The van der Waals surface area contributed by atoms with Crippen LogP contribution in [0.1, 0.15) is 82.9 Å². The second kappa shape index (κ2) is 20.3. The van der Waals surface area contributed by atoms with Crippen LogP contribution in [-0.2, 0) is 38.6 Å². The normalized spacial score (nSPS) is 30.3. The van der Waals surface area contributed by atoms with Crippen molar-refractivity contribution in [1.29, 1.82) is 0 Å². The first-order valence-electron chi connectivity index (χ1n) is 18.4. The molecule has 3 saturated carbocycles. The van der Waals surface area contributed by atoms with Crippen molar-refractivity contribution in [3.8, 4) is 0 Å². The van der Waals surface area contributed by atoms with Gasteiger partial charge in [-0.25, -0.2) is 0 Å². The average Bonchev–Trinajstić information content (AvgIpc) is 3.46. The molecular weight excluding hydrogens is 755 g/mol. The van der Waals surface area contributed by atoms with Crippen molar-refractivity contribution in [3.63, 3.8) is 0 Å². The Morgan fingerprint density at radius 3 is 2.25 bits per heavy atom. The van der Waals surface area contributed by atoms with Crippen LogP contribution in [0.4, 0.5) is 0 Å². The van der Waals surface area contributed by atoms with Gasteiger partial charge in [0.1, 0.15) is 11.9 Å². The minimum absolute atomic E-state index is 0. The van der Waals surface area contributed by atoms with Gasteiger partial charge in [-0.3, -0.25) is 14.4 Å². The van der Waals surface area contributed by atoms with Crippen LogP contribution < -0.4 is 22.1 Å². The SMILES string of the molecule is C[C@@H]1CC[C@@]23CCC(=O)[C@H]2[C@]1(C)[C@H](OC(=O)CSc1ccc(CC(=O)NCCCN)cc1)C[C@](C)(CNCc1ccc(CN)cc1)[C@@H](O)[C@@H]3C.Cl.Cl.Cl. The van der Waals surface area contributed by atoms with Crippen molar-refractivity contribution in [1.82, 2.24) is 10.6 Å². The van der Waals surface area contributed by atoms with Gasteiger partial charge in [-0.2, -0.15) is 0 Å². The molecule has 0 spiro atoms. The maximum Gasteiger partial charge on any atom is 0.316 e. The Labute approximate surface area is 338 Å². The largest absolute Gasteiger partial charge is 0.461 e. The Morgan fingerprint density at radius 2 is 1.60 bits per heavy atom. The number of hydrogen-bond acceptors (Lipinski definition) is 9. The third kappa shape index (κ3) is 10.3. The summed E-state index contributed by atoms with van der Waals surface area (Å²) in [5.41, 5.74) is 12.9. The lowest BCUT2D eigenvalue weighted by atomic mass is 9.44. The molecule has 7 N–H and O–H groups in total. The van der Waals surface area contributed by atoms with Crippen molar-refractivity contribution < 1.29 is 24.2 Å². The number of aliphatic hydroxyl groups is 1. The van der Waals surface area contributed by atoms with E-state index in [-0.39, 0.29) is 90.2 Å². The van der Waals surface area contributed by atoms with Crippen LogP contribution in [0.2, 0.25) is 0 Å². The molecule has 1 amide bonds. The summed E-state index contributed by atoms with van der Waals surface area (Å²) in [6.45, 7) is 11.5. The quantitative estimate of drug-likeness (QED) is 0.0875. The van der Waals surface area contributed by atoms with Crippen LogP contribution in [0.15, 0.2) is 53.4 Å². The molecule has 3 fully saturated rings. The summed E-state index contributed by atoms with van der Waals surface area (Å²) in [6.07, 6.45) is 3.40. The highest BCUT2D eigenvalue weighted by Crippen LogP contribution is 2.67. The molecule has 0 unspecified atom stereocenters. The van der Waals surface area contributed by atoms with E-state index in [0.717, 1.165) is 47.3 Å². The number of aliphatic hydroxyl groups excluding tert-OH is 1. The average molecular weight is 816 g/mol. The third-order valence-electron chi connectivity index (χ3n) is 12.6. The highest BCUT2D eigenvalue weighted by Gasteiger charge is 2.68. The fourth-order valence-corrected chi connectivity index (χ4v) is 10.1. The highest BCUT2D eigenvalue weighted by atomic mass is 35.5. The summed E-state index contributed by atoms with van der Waals surface area (Å²) < 4.78 is 6.53. The number of ketones is 1. The number of hydrogen-bond donors (Lipinski definition) is 5. The van der Waals surface area contributed by atoms with Crippen LogP contribution in [0, 0.1) is 34.0 Å². The summed E-state index contributed by atoms with van der Waals surface area (Å²) in [7, 11) is 0. The van der Waals surface area contributed by atoms with Gasteiger partial charge in [0.2, 0.25) is 5.91 Å². The van der Waals surface area contributed by atoms with E-state index in [9.17, 15) is 19.5 Å². The second-order valence-electron chi connectivity index (χ2n) is 15.7. The number of carbonyl (C=O) groups excluding carboxylic acids is 3. The molecule has 8 atom stereocenters. The Kier molecular flexibility index (Phi) is 18.1. The zero-order valence-electron chi connectivity index (χ0n) is 31.6. The summed E-state index contributed by atoms with van der Waals surface area (Å²) in [5.74, 6) is -0.146. The summed E-state index contributed by atoms with van der Waals surface area (Å²) in [6, 6.07) is 15.9. The Bertz CT molecular complexity index is 1500. The first-order chi connectivity index (χ1) is 23.9. The highest BCUT2D eigenvalue weighted by molar-refractivity contribution is 8.00. The van der Waals surface area contributed by atoms with Gasteiger partial charge in [-0.1, -0.05) is 64.1 Å².